The van der Waals surface area contributed by atoms with E-state index in [0.717, 1.165) is 22.4 Å². The monoisotopic (exact) mass is 445 g/mol. The van der Waals surface area contributed by atoms with Gasteiger partial charge in [-0.3, -0.25) is 9.59 Å². The van der Waals surface area contributed by atoms with Gasteiger partial charge in [0.25, 0.3) is 0 Å². The Bertz CT molecular complexity index is 802. The van der Waals surface area contributed by atoms with E-state index in [1.54, 1.807) is 20.8 Å². The fraction of sp³-hybridized carbons (Fsp3) is 0.273. The zero-order valence-corrected chi connectivity index (χ0v) is 19.0. The standard InChI is InChI=1S/C22H26N2O4PS/c1-22(2,3)28-21(27)24-14-19(25)23-15-20(26)30-16-29(17-10-6-4-7-11-17)18-12-8-5-9-13-18/h4-13,16H,14-15H2,1-3H3,(H,23,25)(H,24,27). The first-order valence-corrected chi connectivity index (χ1v) is 11.7. The molecule has 8 heteroatoms. The molecule has 0 aliphatic carbocycles. The van der Waals surface area contributed by atoms with Crippen molar-refractivity contribution < 1.29 is 19.1 Å². The molecule has 2 aromatic carbocycles. The van der Waals surface area contributed by atoms with Gasteiger partial charge >= 0.3 is 6.09 Å². The smallest absolute Gasteiger partial charge is 0.408 e. The molecule has 0 heterocycles. The van der Waals surface area contributed by atoms with Crippen molar-refractivity contribution in [1.82, 2.24) is 10.6 Å². The molecule has 2 aromatic rings. The van der Waals surface area contributed by atoms with Crippen molar-refractivity contribution in [1.29, 1.82) is 0 Å². The highest BCUT2D eigenvalue weighted by Gasteiger charge is 2.18. The number of ether oxygens (including phenoxy) is 1. The van der Waals surface area contributed by atoms with E-state index in [9.17, 15) is 14.4 Å². The van der Waals surface area contributed by atoms with Crippen LogP contribution in [0.2, 0.25) is 0 Å². The predicted molar refractivity (Wildman–Crippen MR) is 123 cm³/mol. The van der Waals surface area contributed by atoms with Crippen molar-refractivity contribution in [3.63, 3.8) is 0 Å². The van der Waals surface area contributed by atoms with Gasteiger partial charge in [0, 0.05) is 0 Å². The molecule has 0 unspecified atom stereocenters. The first-order valence-electron chi connectivity index (χ1n) is 9.40. The molecule has 0 saturated heterocycles. The first-order chi connectivity index (χ1) is 14.2. The topological polar surface area (TPSA) is 84.5 Å². The fourth-order valence-electron chi connectivity index (χ4n) is 2.30. The van der Waals surface area contributed by atoms with Crippen LogP contribution >= 0.6 is 19.7 Å². The van der Waals surface area contributed by atoms with Crippen LogP contribution in [0.5, 0.6) is 0 Å². The quantitative estimate of drug-likeness (QED) is 0.610. The van der Waals surface area contributed by atoms with Gasteiger partial charge in [0.1, 0.15) is 12.1 Å². The summed E-state index contributed by atoms with van der Waals surface area (Å²) in [4.78, 5) is 35.7. The normalized spacial score (nSPS) is 11.1. The molecule has 0 atom stereocenters. The minimum atomic E-state index is -0.807. The molecule has 2 amide bonds. The average Bonchev–Trinajstić information content (AvgIpc) is 2.71. The molecular weight excluding hydrogens is 419 g/mol. The number of hydrogen-bond acceptors (Lipinski definition) is 5. The number of carbonyl (C=O) groups excluding carboxylic acids is 3. The van der Waals surface area contributed by atoms with Crippen molar-refractivity contribution in [3.8, 4) is 0 Å². The summed E-state index contributed by atoms with van der Waals surface area (Å²) in [7, 11) is -0.807. The molecule has 0 aliphatic heterocycles. The van der Waals surface area contributed by atoms with Crippen molar-refractivity contribution in [2.45, 2.75) is 26.4 Å². The number of rotatable bonds is 8. The van der Waals surface area contributed by atoms with Gasteiger partial charge in [-0.25, -0.2) is 4.79 Å². The minimum Gasteiger partial charge on any atom is -0.444 e. The van der Waals surface area contributed by atoms with Gasteiger partial charge in [0.15, 0.2) is 0 Å². The summed E-state index contributed by atoms with van der Waals surface area (Å²) >= 11 is 1.09. The summed E-state index contributed by atoms with van der Waals surface area (Å²) in [5.74, 6) is -0.455. The SMILES string of the molecule is CC(C)(C)OC(=O)NCC(=O)NCC(=O)S[CH]P(c1ccccc1)c1ccccc1. The zero-order valence-electron chi connectivity index (χ0n) is 17.3. The number of benzene rings is 2. The lowest BCUT2D eigenvalue weighted by Gasteiger charge is -2.19. The van der Waals surface area contributed by atoms with Gasteiger partial charge < -0.3 is 15.4 Å². The molecule has 0 fully saturated rings. The third-order valence-electron chi connectivity index (χ3n) is 3.58. The summed E-state index contributed by atoms with van der Waals surface area (Å²) in [6, 6.07) is 20.0. The highest BCUT2D eigenvalue weighted by Crippen LogP contribution is 2.42. The molecular formula is C22H26N2O4PS. The summed E-state index contributed by atoms with van der Waals surface area (Å²) in [6.45, 7) is 4.83. The highest BCUT2D eigenvalue weighted by atomic mass is 32.2. The Morgan fingerprint density at radius 3 is 1.93 bits per heavy atom. The number of alkyl carbamates (subject to hydrolysis) is 1. The molecule has 30 heavy (non-hydrogen) atoms. The molecule has 2 rings (SSSR count). The van der Waals surface area contributed by atoms with Gasteiger partial charge in [-0.15, -0.1) is 0 Å². The Morgan fingerprint density at radius 2 is 1.43 bits per heavy atom. The lowest BCUT2D eigenvalue weighted by Crippen LogP contribution is -2.40. The molecule has 1 radical (unpaired) electrons. The molecule has 159 valence electrons. The van der Waals surface area contributed by atoms with Crippen LogP contribution in [0.3, 0.4) is 0 Å². The lowest BCUT2D eigenvalue weighted by atomic mass is 10.2. The number of thioether (sulfide) groups is 1. The van der Waals surface area contributed by atoms with Crippen LogP contribution in [-0.2, 0) is 14.3 Å². The van der Waals surface area contributed by atoms with Crippen LogP contribution < -0.4 is 21.2 Å². The second-order valence-corrected chi connectivity index (χ2v) is 10.6. The maximum Gasteiger partial charge on any atom is 0.408 e. The Labute approximate surface area is 182 Å². The maximum atomic E-state index is 12.3. The van der Waals surface area contributed by atoms with Gasteiger partial charge in [-0.1, -0.05) is 72.4 Å². The Morgan fingerprint density at radius 1 is 0.900 bits per heavy atom. The molecule has 0 bridgehead atoms. The van der Waals surface area contributed by atoms with Crippen LogP contribution in [0.15, 0.2) is 60.7 Å². The van der Waals surface area contributed by atoms with Gasteiger partial charge in [0.2, 0.25) is 11.0 Å². The van der Waals surface area contributed by atoms with Crippen molar-refractivity contribution in [2.24, 2.45) is 0 Å². The van der Waals surface area contributed by atoms with Crippen LogP contribution in [0.25, 0.3) is 0 Å². The third-order valence-corrected chi connectivity index (χ3v) is 6.96. The Hall–Kier alpha value is -2.37. The maximum absolute atomic E-state index is 12.3. The van der Waals surface area contributed by atoms with Crippen molar-refractivity contribution in [2.75, 3.05) is 13.1 Å². The number of amides is 2. The second kappa shape index (κ2) is 11.7. The molecule has 0 spiro atoms. The van der Waals surface area contributed by atoms with E-state index in [1.807, 2.05) is 66.2 Å². The highest BCUT2D eigenvalue weighted by molar-refractivity contribution is 8.21. The average molecular weight is 446 g/mol. The van der Waals surface area contributed by atoms with E-state index in [4.69, 9.17) is 4.74 Å². The van der Waals surface area contributed by atoms with Gasteiger partial charge in [-0.2, -0.15) is 0 Å². The van der Waals surface area contributed by atoms with Gasteiger partial charge in [0.05, 0.1) is 12.0 Å². The first kappa shape index (κ1) is 23.9. The molecule has 0 aliphatic rings. The lowest BCUT2D eigenvalue weighted by molar-refractivity contribution is -0.122. The predicted octanol–water partition coefficient (Wildman–Crippen LogP) is 3.14. The number of nitrogens with one attached hydrogen (secondary N) is 2. The van der Waals surface area contributed by atoms with Crippen LogP contribution in [0, 0.1) is 5.49 Å². The summed E-state index contributed by atoms with van der Waals surface area (Å²) in [6.07, 6.45) is -0.678. The summed E-state index contributed by atoms with van der Waals surface area (Å²) in [5.41, 5.74) is 1.30. The Balaban J connectivity index is 1.80. The van der Waals surface area contributed by atoms with Crippen molar-refractivity contribution in [3.05, 3.63) is 66.2 Å². The van der Waals surface area contributed by atoms with E-state index < -0.39 is 25.5 Å². The number of hydrogen-bond donors (Lipinski definition) is 2. The number of carbonyl (C=O) groups is 3. The van der Waals surface area contributed by atoms with Crippen molar-refractivity contribution >= 4 is 47.4 Å². The molecule has 2 N–H and O–H groups in total. The molecule has 0 saturated carbocycles. The molecule has 6 nitrogen and oxygen atoms in total. The fourth-order valence-corrected chi connectivity index (χ4v) is 5.61. The van der Waals surface area contributed by atoms with E-state index in [-0.39, 0.29) is 18.2 Å². The van der Waals surface area contributed by atoms with E-state index >= 15 is 0 Å². The Kier molecular flexibility index (Phi) is 9.34. The van der Waals surface area contributed by atoms with E-state index in [0.29, 0.717) is 0 Å². The largest absolute Gasteiger partial charge is 0.444 e. The molecule has 0 aromatic heterocycles. The van der Waals surface area contributed by atoms with Crippen LogP contribution in [0.4, 0.5) is 4.79 Å². The van der Waals surface area contributed by atoms with Crippen LogP contribution in [0.1, 0.15) is 20.8 Å². The second-order valence-electron chi connectivity index (χ2n) is 7.27. The summed E-state index contributed by atoms with van der Waals surface area (Å²) < 4.78 is 5.06. The third kappa shape index (κ3) is 8.97. The van der Waals surface area contributed by atoms with E-state index in [2.05, 4.69) is 10.6 Å². The van der Waals surface area contributed by atoms with Gasteiger partial charge in [-0.05, 0) is 39.3 Å². The zero-order chi connectivity index (χ0) is 22.0. The van der Waals surface area contributed by atoms with Crippen LogP contribution in [-0.4, -0.2) is 35.8 Å². The van der Waals surface area contributed by atoms with E-state index in [1.165, 1.54) is 0 Å². The minimum absolute atomic E-state index is 0.122. The summed E-state index contributed by atoms with van der Waals surface area (Å²) in [5, 5.41) is 6.98.